The fourth-order valence-corrected chi connectivity index (χ4v) is 3.11. The molecule has 0 saturated carbocycles. The van der Waals surface area contributed by atoms with Crippen molar-refractivity contribution in [3.05, 3.63) is 69.9 Å². The topological polar surface area (TPSA) is 56.6 Å². The highest BCUT2D eigenvalue weighted by Gasteiger charge is 2.32. The van der Waals surface area contributed by atoms with E-state index in [1.54, 1.807) is 43.3 Å². The lowest BCUT2D eigenvalue weighted by atomic mass is 10.1. The average Bonchev–Trinajstić information content (AvgIpc) is 2.85. The van der Waals surface area contributed by atoms with E-state index in [4.69, 9.17) is 33.8 Å². The molecule has 3 rings (SSSR count). The first-order valence-electron chi connectivity index (χ1n) is 8.10. The van der Waals surface area contributed by atoms with Gasteiger partial charge in [-0.2, -0.15) is 5.26 Å². The third-order valence-electron chi connectivity index (χ3n) is 4.24. The van der Waals surface area contributed by atoms with Gasteiger partial charge < -0.3 is 9.64 Å². The van der Waals surface area contributed by atoms with Crippen LogP contribution in [0.2, 0.25) is 5.02 Å². The summed E-state index contributed by atoms with van der Waals surface area (Å²) in [6.07, 6.45) is 1.73. The number of carbonyl (C=O) groups excluding carboxylic acids is 1. The number of amides is 1. The molecule has 2 aromatic rings. The molecule has 1 amide bonds. The van der Waals surface area contributed by atoms with Crippen molar-refractivity contribution >= 4 is 40.9 Å². The molecule has 0 radical (unpaired) electrons. The van der Waals surface area contributed by atoms with Gasteiger partial charge in [0, 0.05) is 19.7 Å². The van der Waals surface area contributed by atoms with E-state index >= 15 is 0 Å². The molecule has 5 nitrogen and oxygen atoms in total. The Balaban J connectivity index is 1.79. The Labute approximate surface area is 168 Å². The van der Waals surface area contributed by atoms with Crippen LogP contribution in [0.4, 0.5) is 0 Å². The van der Waals surface area contributed by atoms with Crippen molar-refractivity contribution in [2.24, 2.45) is 0 Å². The van der Waals surface area contributed by atoms with Crippen molar-refractivity contribution in [3.63, 3.8) is 0 Å². The molecule has 7 heteroatoms. The number of ether oxygens (including phenoxy) is 1. The molecule has 0 N–H and O–H groups in total. The lowest BCUT2D eigenvalue weighted by molar-refractivity contribution is -0.121. The minimum absolute atomic E-state index is 0.160. The third-order valence-corrected chi connectivity index (χ3v) is 5.08. The first-order valence-corrected chi connectivity index (χ1v) is 8.88. The molecule has 0 bridgehead atoms. The van der Waals surface area contributed by atoms with Gasteiger partial charge in [-0.3, -0.25) is 9.69 Å². The van der Waals surface area contributed by atoms with E-state index in [-0.39, 0.29) is 12.5 Å². The van der Waals surface area contributed by atoms with Gasteiger partial charge in [0.2, 0.25) is 0 Å². The highest BCUT2D eigenvalue weighted by atomic mass is 35.5. The predicted octanol–water partition coefficient (Wildman–Crippen LogP) is 3.82. The highest BCUT2D eigenvalue weighted by molar-refractivity contribution is 7.80. The Morgan fingerprint density at radius 1 is 1.22 bits per heavy atom. The first-order chi connectivity index (χ1) is 12.9. The van der Waals surface area contributed by atoms with Crippen LogP contribution in [0.25, 0.3) is 6.08 Å². The van der Waals surface area contributed by atoms with Gasteiger partial charge >= 0.3 is 0 Å². The minimum Gasteiger partial charge on any atom is -0.487 e. The summed E-state index contributed by atoms with van der Waals surface area (Å²) in [7, 11) is 3.40. The van der Waals surface area contributed by atoms with Crippen LogP contribution in [0.3, 0.4) is 0 Å². The van der Waals surface area contributed by atoms with E-state index in [2.05, 4.69) is 6.07 Å². The summed E-state index contributed by atoms with van der Waals surface area (Å²) in [6, 6.07) is 14.7. The Bertz CT molecular complexity index is 997. The molecular weight excluding hydrogens is 382 g/mol. The van der Waals surface area contributed by atoms with Crippen LogP contribution in [0.5, 0.6) is 5.75 Å². The molecule has 136 valence electrons. The molecule has 0 aliphatic carbocycles. The molecule has 1 fully saturated rings. The largest absolute Gasteiger partial charge is 0.487 e. The summed E-state index contributed by atoms with van der Waals surface area (Å²) in [5.41, 5.74) is 2.60. The van der Waals surface area contributed by atoms with Crippen LogP contribution in [-0.2, 0) is 11.4 Å². The Kier molecular flexibility index (Phi) is 5.45. The van der Waals surface area contributed by atoms with E-state index in [1.807, 2.05) is 24.3 Å². The van der Waals surface area contributed by atoms with Gasteiger partial charge in [-0.25, -0.2) is 0 Å². The number of carbonyl (C=O) groups is 1. The van der Waals surface area contributed by atoms with Crippen LogP contribution >= 0.6 is 23.8 Å². The predicted molar refractivity (Wildman–Crippen MR) is 108 cm³/mol. The number of benzene rings is 2. The SMILES string of the molecule is CN1C(=O)/C(=C/c2ccc(OCc3ccccc3C#N)c(Cl)c2)N(C)C1=S. The second-order valence-electron chi connectivity index (χ2n) is 5.98. The van der Waals surface area contributed by atoms with Crippen molar-refractivity contribution in [2.75, 3.05) is 14.1 Å². The normalized spacial score (nSPS) is 15.4. The quantitative estimate of drug-likeness (QED) is 0.579. The molecule has 1 saturated heterocycles. The smallest absolute Gasteiger partial charge is 0.276 e. The highest BCUT2D eigenvalue weighted by Crippen LogP contribution is 2.29. The Morgan fingerprint density at radius 2 is 1.96 bits per heavy atom. The second-order valence-corrected chi connectivity index (χ2v) is 6.76. The Hall–Kier alpha value is -2.88. The van der Waals surface area contributed by atoms with E-state index in [9.17, 15) is 4.79 Å². The zero-order chi connectivity index (χ0) is 19.6. The second kappa shape index (κ2) is 7.78. The molecule has 1 aliphatic rings. The van der Waals surface area contributed by atoms with E-state index in [0.29, 0.717) is 27.1 Å². The number of hydrogen-bond donors (Lipinski definition) is 0. The van der Waals surface area contributed by atoms with Crippen molar-refractivity contribution < 1.29 is 9.53 Å². The number of rotatable bonds is 4. The van der Waals surface area contributed by atoms with Crippen LogP contribution in [-0.4, -0.2) is 34.9 Å². The fourth-order valence-electron chi connectivity index (χ4n) is 2.68. The molecule has 27 heavy (non-hydrogen) atoms. The zero-order valence-corrected chi connectivity index (χ0v) is 16.3. The van der Waals surface area contributed by atoms with Gasteiger partial charge in [0.15, 0.2) is 5.11 Å². The van der Waals surface area contributed by atoms with Crippen molar-refractivity contribution in [1.29, 1.82) is 5.26 Å². The lowest BCUT2D eigenvalue weighted by Gasteiger charge is -2.12. The number of halogens is 1. The maximum Gasteiger partial charge on any atom is 0.276 e. The molecule has 0 atom stereocenters. The summed E-state index contributed by atoms with van der Waals surface area (Å²) in [6.45, 7) is 0.240. The summed E-state index contributed by atoms with van der Waals surface area (Å²) in [5.74, 6) is 0.345. The van der Waals surface area contributed by atoms with Gasteiger partial charge in [-0.05, 0) is 42.1 Å². The van der Waals surface area contributed by atoms with Crippen molar-refractivity contribution in [3.8, 4) is 11.8 Å². The minimum atomic E-state index is -0.160. The molecule has 1 heterocycles. The summed E-state index contributed by atoms with van der Waals surface area (Å²) < 4.78 is 5.76. The summed E-state index contributed by atoms with van der Waals surface area (Å²) in [4.78, 5) is 15.3. The van der Waals surface area contributed by atoms with E-state index in [1.165, 1.54) is 4.90 Å². The molecule has 2 aromatic carbocycles. The zero-order valence-electron chi connectivity index (χ0n) is 14.8. The van der Waals surface area contributed by atoms with Crippen LogP contribution in [0, 0.1) is 11.3 Å². The van der Waals surface area contributed by atoms with Crippen molar-refractivity contribution in [1.82, 2.24) is 9.80 Å². The van der Waals surface area contributed by atoms with Crippen LogP contribution < -0.4 is 4.74 Å². The lowest BCUT2D eigenvalue weighted by Crippen LogP contribution is -2.26. The van der Waals surface area contributed by atoms with Gasteiger partial charge in [0.1, 0.15) is 18.1 Å². The number of thiocarbonyl (C=S) groups is 1. The third kappa shape index (κ3) is 3.80. The molecular formula is C20H16ClN3O2S. The maximum absolute atomic E-state index is 12.2. The van der Waals surface area contributed by atoms with Gasteiger partial charge in [-0.1, -0.05) is 35.9 Å². The first kappa shape index (κ1) is 18.9. The Morgan fingerprint density at radius 3 is 2.59 bits per heavy atom. The van der Waals surface area contributed by atoms with Crippen molar-refractivity contribution in [2.45, 2.75) is 6.61 Å². The average molecular weight is 398 g/mol. The number of nitrogens with zero attached hydrogens (tertiary/aromatic N) is 3. The maximum atomic E-state index is 12.2. The molecule has 0 unspecified atom stereocenters. The fraction of sp³-hybridized carbons (Fsp3) is 0.150. The molecule has 0 spiro atoms. The van der Waals surface area contributed by atoms with Crippen LogP contribution in [0.15, 0.2) is 48.2 Å². The van der Waals surface area contributed by atoms with Gasteiger partial charge in [0.05, 0.1) is 16.7 Å². The number of hydrogen-bond acceptors (Lipinski definition) is 4. The van der Waals surface area contributed by atoms with E-state index in [0.717, 1.165) is 11.1 Å². The van der Waals surface area contributed by atoms with Gasteiger partial charge in [-0.15, -0.1) is 0 Å². The van der Waals surface area contributed by atoms with Gasteiger partial charge in [0.25, 0.3) is 5.91 Å². The monoisotopic (exact) mass is 397 g/mol. The number of nitriles is 1. The van der Waals surface area contributed by atoms with E-state index < -0.39 is 0 Å². The number of likely N-dealkylation sites (N-methyl/N-ethyl adjacent to an activating group) is 2. The summed E-state index contributed by atoms with van der Waals surface area (Å²) >= 11 is 11.5. The molecule has 0 aromatic heterocycles. The van der Waals surface area contributed by atoms with Crippen LogP contribution in [0.1, 0.15) is 16.7 Å². The molecule has 1 aliphatic heterocycles. The standard InChI is InChI=1S/C20H16ClN3O2S/c1-23-17(19(25)24(2)20(23)27)10-13-7-8-18(16(21)9-13)26-12-15-6-4-3-5-14(15)11-22/h3-10H,12H2,1-2H3/b17-10-. The summed E-state index contributed by atoms with van der Waals surface area (Å²) in [5, 5.41) is 10.0.